The first-order chi connectivity index (χ1) is 11.5. The number of methoxy groups -OCH3 is 1. The van der Waals surface area contributed by atoms with Crippen LogP contribution >= 0.6 is 15.9 Å². The molecule has 0 aromatic carbocycles. The number of hydrogen-bond donors (Lipinski definition) is 0. The fourth-order valence-electron chi connectivity index (χ4n) is 3.38. The van der Waals surface area contributed by atoms with E-state index < -0.39 is 0 Å². The van der Waals surface area contributed by atoms with E-state index in [1.807, 2.05) is 4.90 Å². The minimum Gasteiger partial charge on any atom is -0.383 e. The number of carbonyl (C=O) groups is 1. The van der Waals surface area contributed by atoms with Crippen molar-refractivity contribution in [3.63, 3.8) is 0 Å². The Bertz CT molecular complexity index is 578. The smallest absolute Gasteiger partial charge is 0.227 e. The molecule has 1 saturated heterocycles. The lowest BCUT2D eigenvalue weighted by molar-refractivity contribution is -0.130. The lowest BCUT2D eigenvalue weighted by atomic mass is 9.95. The van der Waals surface area contributed by atoms with Gasteiger partial charge in [-0.2, -0.15) is 0 Å². The number of hydrogen-bond acceptors (Lipinski definition) is 3. The molecule has 1 amide bonds. The van der Waals surface area contributed by atoms with Crippen molar-refractivity contribution in [1.29, 1.82) is 0 Å². The molecular formula is C19H29BrN2O2. The second-order valence-corrected chi connectivity index (χ2v) is 7.37. The van der Waals surface area contributed by atoms with Crippen LogP contribution in [0.5, 0.6) is 0 Å². The van der Waals surface area contributed by atoms with Crippen molar-refractivity contribution in [2.24, 2.45) is 0 Å². The van der Waals surface area contributed by atoms with Gasteiger partial charge < -0.3 is 14.5 Å². The molecule has 2 rings (SSSR count). The molecular weight excluding hydrogens is 368 g/mol. The average molecular weight is 397 g/mol. The van der Waals surface area contributed by atoms with Crippen molar-refractivity contribution >= 4 is 21.8 Å². The van der Waals surface area contributed by atoms with Gasteiger partial charge in [0.15, 0.2) is 0 Å². The second kappa shape index (κ2) is 8.97. The van der Waals surface area contributed by atoms with Crippen LogP contribution in [-0.4, -0.2) is 56.1 Å². The molecule has 2 heterocycles. The summed E-state index contributed by atoms with van der Waals surface area (Å²) in [5.41, 5.74) is 5.06. The Balaban J connectivity index is 2.45. The summed E-state index contributed by atoms with van der Waals surface area (Å²) >= 11 is 3.86. The number of likely N-dealkylation sites (tertiary alicyclic amines) is 1. The number of amides is 1. The minimum atomic E-state index is 0.193. The lowest BCUT2D eigenvalue weighted by Gasteiger charge is -2.32. The molecule has 5 heteroatoms. The molecule has 0 N–H and O–H groups in total. The predicted octanol–water partition coefficient (Wildman–Crippen LogP) is 3.85. The van der Waals surface area contributed by atoms with E-state index in [2.05, 4.69) is 47.8 Å². The van der Waals surface area contributed by atoms with Gasteiger partial charge in [0, 0.05) is 37.6 Å². The number of allylic oxidation sites excluding steroid dienone is 3. The number of rotatable bonds is 4. The molecule has 0 saturated carbocycles. The van der Waals surface area contributed by atoms with E-state index in [0.717, 1.165) is 42.5 Å². The largest absolute Gasteiger partial charge is 0.383 e. The van der Waals surface area contributed by atoms with Gasteiger partial charge in [0.1, 0.15) is 0 Å². The lowest BCUT2D eigenvalue weighted by Crippen LogP contribution is -2.36. The molecule has 0 aliphatic carbocycles. The van der Waals surface area contributed by atoms with Crippen molar-refractivity contribution < 1.29 is 9.53 Å². The summed E-state index contributed by atoms with van der Waals surface area (Å²) in [6.45, 7) is 7.53. The Hall–Kier alpha value is -0.910. The first-order valence-corrected chi connectivity index (χ1v) is 9.51. The van der Waals surface area contributed by atoms with Gasteiger partial charge in [0.05, 0.1) is 12.3 Å². The van der Waals surface area contributed by atoms with Crippen molar-refractivity contribution in [2.45, 2.75) is 39.5 Å². The number of nitrogens with zero attached hydrogens (tertiary/aromatic N) is 2. The van der Waals surface area contributed by atoms with E-state index in [0.29, 0.717) is 19.6 Å². The third-order valence-corrected chi connectivity index (χ3v) is 5.78. The van der Waals surface area contributed by atoms with E-state index in [1.54, 1.807) is 7.11 Å². The van der Waals surface area contributed by atoms with Gasteiger partial charge >= 0.3 is 0 Å². The van der Waals surface area contributed by atoms with E-state index in [1.165, 1.54) is 16.7 Å². The SMILES string of the molecule is C/C=C1/CCN(C)CC/C1=C(\Br)C1=C(C)CCC(=O)N1CCOC. The standard InChI is InChI=1S/C19H29BrN2O2/c1-5-15-8-10-21(3)11-9-16(15)18(20)19-14(2)6-7-17(23)22(19)12-13-24-4/h5H,6-13H2,1-4H3/b15-5-,18-16+. The van der Waals surface area contributed by atoms with Gasteiger partial charge in [-0.15, -0.1) is 0 Å². The van der Waals surface area contributed by atoms with Crippen molar-refractivity contribution in [3.8, 4) is 0 Å². The maximum absolute atomic E-state index is 12.5. The molecule has 4 nitrogen and oxygen atoms in total. The van der Waals surface area contributed by atoms with Crippen LogP contribution in [-0.2, 0) is 9.53 Å². The molecule has 0 atom stereocenters. The molecule has 0 aromatic rings. The van der Waals surface area contributed by atoms with Crippen LogP contribution in [0.1, 0.15) is 39.5 Å². The Morgan fingerprint density at radius 2 is 1.96 bits per heavy atom. The highest BCUT2D eigenvalue weighted by molar-refractivity contribution is 9.12. The first kappa shape index (κ1) is 19.4. The molecule has 0 unspecified atom stereocenters. The summed E-state index contributed by atoms with van der Waals surface area (Å²) in [5.74, 6) is 0.193. The van der Waals surface area contributed by atoms with Crippen molar-refractivity contribution in [3.05, 3.63) is 33.0 Å². The molecule has 1 fully saturated rings. The van der Waals surface area contributed by atoms with Crippen LogP contribution in [0, 0.1) is 0 Å². The van der Waals surface area contributed by atoms with Crippen LogP contribution < -0.4 is 0 Å². The number of carbonyl (C=O) groups excluding carboxylic acids is 1. The highest BCUT2D eigenvalue weighted by atomic mass is 79.9. The summed E-state index contributed by atoms with van der Waals surface area (Å²) in [6.07, 6.45) is 5.70. The van der Waals surface area contributed by atoms with Crippen LogP contribution in [0.3, 0.4) is 0 Å². The highest BCUT2D eigenvalue weighted by Gasteiger charge is 2.28. The molecule has 0 spiro atoms. The van der Waals surface area contributed by atoms with Gasteiger partial charge in [-0.25, -0.2) is 0 Å². The Kier molecular flexibility index (Phi) is 7.26. The monoisotopic (exact) mass is 396 g/mol. The summed E-state index contributed by atoms with van der Waals surface area (Å²) in [4.78, 5) is 16.8. The Morgan fingerprint density at radius 3 is 2.62 bits per heavy atom. The quantitative estimate of drug-likeness (QED) is 0.723. The molecule has 2 aliphatic rings. The van der Waals surface area contributed by atoms with Crippen LogP contribution in [0.4, 0.5) is 0 Å². The normalized spacial score (nSPS) is 24.6. The third kappa shape index (κ3) is 4.38. The summed E-state index contributed by atoms with van der Waals surface area (Å²) in [6, 6.07) is 0. The average Bonchev–Trinajstić information content (AvgIpc) is 2.76. The fourth-order valence-corrected chi connectivity index (χ4v) is 4.38. The maximum atomic E-state index is 12.5. The van der Waals surface area contributed by atoms with Crippen molar-refractivity contribution in [1.82, 2.24) is 9.80 Å². The predicted molar refractivity (Wildman–Crippen MR) is 102 cm³/mol. The van der Waals surface area contributed by atoms with E-state index in [-0.39, 0.29) is 5.91 Å². The fraction of sp³-hybridized carbons (Fsp3) is 0.632. The Morgan fingerprint density at radius 1 is 1.25 bits per heavy atom. The number of halogens is 1. The topological polar surface area (TPSA) is 32.8 Å². The minimum absolute atomic E-state index is 0.193. The summed E-state index contributed by atoms with van der Waals surface area (Å²) in [5, 5.41) is 0. The first-order valence-electron chi connectivity index (χ1n) is 8.71. The zero-order valence-electron chi connectivity index (χ0n) is 15.3. The van der Waals surface area contributed by atoms with Crippen LogP contribution in [0.15, 0.2) is 33.0 Å². The maximum Gasteiger partial charge on any atom is 0.227 e. The highest BCUT2D eigenvalue weighted by Crippen LogP contribution is 2.37. The van der Waals surface area contributed by atoms with Gasteiger partial charge in [-0.05, 0) is 72.8 Å². The molecule has 0 aromatic heterocycles. The van der Waals surface area contributed by atoms with Crippen LogP contribution in [0.25, 0.3) is 0 Å². The zero-order chi connectivity index (χ0) is 17.7. The van der Waals surface area contributed by atoms with Crippen LogP contribution in [0.2, 0.25) is 0 Å². The van der Waals surface area contributed by atoms with Gasteiger partial charge in [0.25, 0.3) is 0 Å². The van der Waals surface area contributed by atoms with E-state index in [4.69, 9.17) is 4.74 Å². The second-order valence-electron chi connectivity index (χ2n) is 6.58. The van der Waals surface area contributed by atoms with Gasteiger partial charge in [-0.1, -0.05) is 6.08 Å². The molecule has 24 heavy (non-hydrogen) atoms. The van der Waals surface area contributed by atoms with Gasteiger partial charge in [0.2, 0.25) is 5.91 Å². The molecule has 0 radical (unpaired) electrons. The van der Waals surface area contributed by atoms with E-state index >= 15 is 0 Å². The molecule has 134 valence electrons. The third-order valence-electron chi connectivity index (χ3n) is 4.92. The summed E-state index contributed by atoms with van der Waals surface area (Å²) in [7, 11) is 3.85. The van der Waals surface area contributed by atoms with Crippen molar-refractivity contribution in [2.75, 3.05) is 40.4 Å². The zero-order valence-corrected chi connectivity index (χ0v) is 16.9. The summed E-state index contributed by atoms with van der Waals surface area (Å²) < 4.78 is 6.30. The number of ether oxygens (including phenoxy) is 1. The molecule has 0 bridgehead atoms. The molecule has 2 aliphatic heterocycles. The van der Waals surface area contributed by atoms with E-state index in [9.17, 15) is 4.79 Å². The Labute approximate surface area is 154 Å². The van der Waals surface area contributed by atoms with Gasteiger partial charge in [-0.3, -0.25) is 4.79 Å².